The summed E-state index contributed by atoms with van der Waals surface area (Å²) in [6, 6.07) is 11.2. The maximum Gasteiger partial charge on any atom is 0.277 e. The minimum absolute atomic E-state index is 0.0227. The van der Waals surface area contributed by atoms with Gasteiger partial charge in [0.15, 0.2) is 11.5 Å². The van der Waals surface area contributed by atoms with E-state index in [9.17, 15) is 4.79 Å². The van der Waals surface area contributed by atoms with Crippen molar-refractivity contribution in [1.82, 2.24) is 15.1 Å². The van der Waals surface area contributed by atoms with E-state index in [1.807, 2.05) is 36.4 Å². The third-order valence-electron chi connectivity index (χ3n) is 5.33. The van der Waals surface area contributed by atoms with Gasteiger partial charge in [0.2, 0.25) is 12.0 Å². The molecule has 1 amide bonds. The molecule has 0 saturated heterocycles. The van der Waals surface area contributed by atoms with Crippen molar-refractivity contribution in [1.29, 1.82) is 0 Å². The lowest BCUT2D eigenvalue weighted by molar-refractivity contribution is -0.127. The Morgan fingerprint density at radius 2 is 2.03 bits per heavy atom. The van der Waals surface area contributed by atoms with Crippen molar-refractivity contribution >= 4 is 17.7 Å². The molecule has 1 aliphatic carbocycles. The van der Waals surface area contributed by atoms with Crippen LogP contribution in [0.4, 0.5) is 0 Å². The van der Waals surface area contributed by atoms with Crippen LogP contribution in [0, 0.1) is 0 Å². The van der Waals surface area contributed by atoms with E-state index in [0.29, 0.717) is 29.2 Å². The van der Waals surface area contributed by atoms with E-state index in [-0.39, 0.29) is 18.3 Å². The fourth-order valence-electron chi connectivity index (χ4n) is 3.73. The number of furan rings is 1. The van der Waals surface area contributed by atoms with Crippen LogP contribution in [0.5, 0.6) is 11.5 Å². The molecule has 0 saturated carbocycles. The average molecular weight is 454 g/mol. The van der Waals surface area contributed by atoms with Crippen LogP contribution >= 0.6 is 11.8 Å². The van der Waals surface area contributed by atoms with Gasteiger partial charge in [-0.05, 0) is 49.9 Å². The molecule has 0 bridgehead atoms. The smallest absolute Gasteiger partial charge is 0.277 e. The summed E-state index contributed by atoms with van der Waals surface area (Å²) in [5.74, 6) is 2.58. The van der Waals surface area contributed by atoms with Gasteiger partial charge in [0, 0.05) is 5.70 Å². The summed E-state index contributed by atoms with van der Waals surface area (Å²) in [5.41, 5.74) is 1.05. The van der Waals surface area contributed by atoms with Crippen molar-refractivity contribution in [3.8, 4) is 11.5 Å². The van der Waals surface area contributed by atoms with E-state index >= 15 is 0 Å². The first-order valence-electron chi connectivity index (χ1n) is 10.6. The highest BCUT2D eigenvalue weighted by molar-refractivity contribution is 7.99. The molecule has 1 unspecified atom stereocenters. The van der Waals surface area contributed by atoms with E-state index in [1.165, 1.54) is 11.8 Å². The van der Waals surface area contributed by atoms with Crippen molar-refractivity contribution in [2.45, 2.75) is 43.6 Å². The molecule has 2 aliphatic rings. The number of para-hydroxylation sites is 2. The molecule has 3 aromatic rings. The van der Waals surface area contributed by atoms with Crippen molar-refractivity contribution < 1.29 is 23.1 Å². The second kappa shape index (κ2) is 9.52. The van der Waals surface area contributed by atoms with Gasteiger partial charge in [-0.15, -0.1) is 10.2 Å². The number of ether oxygens (including phenoxy) is 2. The average Bonchev–Trinajstić information content (AvgIpc) is 3.53. The number of thioether (sulfide) groups is 1. The van der Waals surface area contributed by atoms with Crippen molar-refractivity contribution in [3.63, 3.8) is 0 Å². The summed E-state index contributed by atoms with van der Waals surface area (Å²) in [5, 5.41) is 8.49. The normalized spacial score (nSPS) is 17.6. The summed E-state index contributed by atoms with van der Waals surface area (Å²) in [4.78, 5) is 14.9. The fourth-order valence-corrected chi connectivity index (χ4v) is 4.37. The molecule has 1 atom stereocenters. The molecular weight excluding hydrogens is 430 g/mol. The molecule has 0 fully saturated rings. The maximum atomic E-state index is 13.1. The minimum atomic E-state index is -0.481. The number of amides is 1. The summed E-state index contributed by atoms with van der Waals surface area (Å²) >= 11 is 1.22. The van der Waals surface area contributed by atoms with Gasteiger partial charge in [-0.2, -0.15) is 0 Å². The molecule has 32 heavy (non-hydrogen) atoms. The number of allylic oxidation sites excluding steroid dienone is 2. The number of hydrogen-bond donors (Lipinski definition) is 0. The van der Waals surface area contributed by atoms with Gasteiger partial charge in [0.25, 0.3) is 11.1 Å². The van der Waals surface area contributed by atoms with Gasteiger partial charge >= 0.3 is 0 Å². The first-order chi connectivity index (χ1) is 15.8. The third kappa shape index (κ3) is 4.67. The molecule has 1 aromatic carbocycles. The van der Waals surface area contributed by atoms with Crippen LogP contribution in [-0.4, -0.2) is 33.4 Å². The maximum absolute atomic E-state index is 13.1. The van der Waals surface area contributed by atoms with Gasteiger partial charge in [0.05, 0.1) is 18.6 Å². The molecule has 0 spiro atoms. The van der Waals surface area contributed by atoms with E-state index in [0.717, 1.165) is 37.1 Å². The molecular formula is C23H23N3O5S. The highest BCUT2D eigenvalue weighted by Crippen LogP contribution is 2.36. The molecule has 3 heterocycles. The number of carbonyl (C=O) groups is 1. The van der Waals surface area contributed by atoms with Crippen molar-refractivity contribution in [2.75, 3.05) is 12.4 Å². The quantitative estimate of drug-likeness (QED) is 0.473. The lowest BCUT2D eigenvalue weighted by Crippen LogP contribution is -2.32. The van der Waals surface area contributed by atoms with E-state index in [4.69, 9.17) is 18.3 Å². The van der Waals surface area contributed by atoms with Crippen LogP contribution < -0.4 is 9.47 Å². The number of hydrogen-bond acceptors (Lipinski definition) is 8. The topological polar surface area (TPSA) is 90.8 Å². The lowest BCUT2D eigenvalue weighted by atomic mass is 10.0. The lowest BCUT2D eigenvalue weighted by Gasteiger charge is -2.26. The first-order valence-corrected chi connectivity index (χ1v) is 11.6. The third-order valence-corrected chi connectivity index (χ3v) is 6.14. The molecule has 8 nitrogen and oxygen atoms in total. The van der Waals surface area contributed by atoms with Gasteiger partial charge < -0.3 is 23.2 Å². The number of carbonyl (C=O) groups excluding carboxylic acids is 1. The Labute approximate surface area is 189 Å². The van der Waals surface area contributed by atoms with Gasteiger partial charge in [-0.1, -0.05) is 30.0 Å². The van der Waals surface area contributed by atoms with Crippen LogP contribution in [0.15, 0.2) is 68.5 Å². The zero-order valence-electron chi connectivity index (χ0n) is 17.4. The molecule has 2 aromatic heterocycles. The number of rotatable bonds is 7. The molecule has 166 valence electrons. The Morgan fingerprint density at radius 3 is 2.84 bits per heavy atom. The summed E-state index contributed by atoms with van der Waals surface area (Å²) in [6.07, 6.45) is 7.41. The van der Waals surface area contributed by atoms with Crippen LogP contribution in [-0.2, 0) is 11.3 Å². The highest BCUT2D eigenvalue weighted by Gasteiger charge is 2.28. The summed E-state index contributed by atoms with van der Waals surface area (Å²) < 4.78 is 22.8. The monoisotopic (exact) mass is 453 g/mol. The predicted molar refractivity (Wildman–Crippen MR) is 116 cm³/mol. The van der Waals surface area contributed by atoms with E-state index in [1.54, 1.807) is 11.2 Å². The number of fused-ring (bicyclic) bond motifs is 1. The molecule has 1 aliphatic heterocycles. The van der Waals surface area contributed by atoms with E-state index in [2.05, 4.69) is 16.3 Å². The molecule has 5 rings (SSSR count). The zero-order valence-corrected chi connectivity index (χ0v) is 18.3. The Morgan fingerprint density at radius 1 is 1.12 bits per heavy atom. The number of nitrogens with zero attached hydrogens (tertiary/aromatic N) is 3. The summed E-state index contributed by atoms with van der Waals surface area (Å²) in [7, 11) is 0. The Bertz CT molecular complexity index is 1090. The van der Waals surface area contributed by atoms with Crippen molar-refractivity contribution in [2.24, 2.45) is 0 Å². The van der Waals surface area contributed by atoms with Gasteiger partial charge in [-0.25, -0.2) is 0 Å². The first kappa shape index (κ1) is 20.7. The van der Waals surface area contributed by atoms with Crippen LogP contribution in [0.1, 0.15) is 43.4 Å². The van der Waals surface area contributed by atoms with Crippen LogP contribution in [0.25, 0.3) is 0 Å². The largest absolute Gasteiger partial charge is 0.485 e. The Balaban J connectivity index is 1.22. The zero-order chi connectivity index (χ0) is 21.8. The van der Waals surface area contributed by atoms with Gasteiger partial charge in [-0.3, -0.25) is 4.79 Å². The predicted octanol–water partition coefficient (Wildman–Crippen LogP) is 4.75. The van der Waals surface area contributed by atoms with Crippen molar-refractivity contribution in [3.05, 3.63) is 66.1 Å². The SMILES string of the molecule is O=C(CSc1nnc(C2COc3ccccc3O2)o1)N(Cc1ccco1)C1=CCCCC1. The molecule has 0 N–H and O–H groups in total. The van der Waals surface area contributed by atoms with Gasteiger partial charge in [0.1, 0.15) is 12.4 Å². The fraction of sp³-hybridized carbons (Fsp3) is 0.348. The summed E-state index contributed by atoms with van der Waals surface area (Å²) in [6.45, 7) is 0.702. The standard InChI is InChI=1S/C23H23N3O5S/c27-21(26(13-17-9-6-12-28-17)16-7-2-1-3-8-16)15-32-23-25-24-22(31-23)20-14-29-18-10-4-5-11-19(18)30-20/h4-7,9-12,20H,1-3,8,13-15H2. The Hall–Kier alpha value is -3.20. The minimum Gasteiger partial charge on any atom is -0.485 e. The van der Waals surface area contributed by atoms with Crippen LogP contribution in [0.3, 0.4) is 0 Å². The number of aromatic nitrogens is 2. The molecule has 9 heteroatoms. The molecule has 0 radical (unpaired) electrons. The second-order valence-corrected chi connectivity index (χ2v) is 8.49. The Kier molecular flexibility index (Phi) is 6.15. The second-order valence-electron chi connectivity index (χ2n) is 7.56. The highest BCUT2D eigenvalue weighted by atomic mass is 32.2. The van der Waals surface area contributed by atoms with Crippen LogP contribution in [0.2, 0.25) is 0 Å². The number of benzene rings is 1. The van der Waals surface area contributed by atoms with E-state index < -0.39 is 6.10 Å².